The monoisotopic (exact) mass is 349 g/mol. The van der Waals surface area contributed by atoms with Gasteiger partial charge in [-0.2, -0.15) is 5.10 Å². The lowest BCUT2D eigenvalue weighted by Crippen LogP contribution is -2.16. The van der Waals surface area contributed by atoms with Crippen LogP contribution in [-0.4, -0.2) is 30.8 Å². The molecular formula is C15H12ClN3O3S. The van der Waals surface area contributed by atoms with Crippen molar-refractivity contribution in [3.8, 4) is 0 Å². The topological polar surface area (TPSA) is 91.9 Å². The Kier molecular flexibility index (Phi) is 3.83. The highest BCUT2D eigenvalue weighted by molar-refractivity contribution is 7.90. The summed E-state index contributed by atoms with van der Waals surface area (Å²) in [5.41, 5.74) is 0.661. The van der Waals surface area contributed by atoms with Crippen molar-refractivity contribution in [1.82, 2.24) is 10.2 Å². The summed E-state index contributed by atoms with van der Waals surface area (Å²) in [6.45, 7) is 0. The van der Waals surface area contributed by atoms with E-state index in [0.717, 1.165) is 6.26 Å². The first kappa shape index (κ1) is 15.5. The van der Waals surface area contributed by atoms with Crippen molar-refractivity contribution in [3.05, 3.63) is 53.1 Å². The van der Waals surface area contributed by atoms with E-state index >= 15 is 0 Å². The van der Waals surface area contributed by atoms with E-state index in [2.05, 4.69) is 15.5 Å². The molecule has 0 atom stereocenters. The molecule has 3 rings (SSSR count). The maximum absolute atomic E-state index is 12.4. The predicted octanol–water partition coefficient (Wildman–Crippen LogP) is 2.87. The summed E-state index contributed by atoms with van der Waals surface area (Å²) in [5.74, 6) is -0.268. The standard InChI is InChI=1S/C15H12ClN3O3S/c1-23(21,22)12-8-3-2-5-9(12)15(20)17-14-10-6-4-7-11(16)13(10)18-19-14/h2-8H,1H3,(H2,17,18,19,20). The van der Waals surface area contributed by atoms with Crippen LogP contribution >= 0.6 is 11.6 Å². The normalized spacial score (nSPS) is 11.6. The Balaban J connectivity index is 2.01. The number of fused-ring (bicyclic) bond motifs is 1. The maximum Gasteiger partial charge on any atom is 0.258 e. The van der Waals surface area contributed by atoms with Crippen molar-refractivity contribution in [1.29, 1.82) is 0 Å². The predicted molar refractivity (Wildman–Crippen MR) is 88.6 cm³/mol. The molecule has 0 spiro atoms. The highest BCUT2D eigenvalue weighted by Gasteiger charge is 2.19. The molecular weight excluding hydrogens is 338 g/mol. The molecule has 0 aliphatic carbocycles. The van der Waals surface area contributed by atoms with E-state index in [1.54, 1.807) is 30.3 Å². The smallest absolute Gasteiger partial charge is 0.258 e. The van der Waals surface area contributed by atoms with Gasteiger partial charge in [0, 0.05) is 11.6 Å². The van der Waals surface area contributed by atoms with Crippen LogP contribution in [0.4, 0.5) is 5.82 Å². The highest BCUT2D eigenvalue weighted by atomic mass is 35.5. The molecule has 0 fully saturated rings. The van der Waals surface area contributed by atoms with E-state index in [1.165, 1.54) is 12.1 Å². The number of aromatic nitrogens is 2. The molecule has 0 saturated carbocycles. The number of nitrogens with zero attached hydrogens (tertiary/aromatic N) is 1. The first-order chi connectivity index (χ1) is 10.9. The Morgan fingerprint density at radius 1 is 1.17 bits per heavy atom. The number of carbonyl (C=O) groups is 1. The van der Waals surface area contributed by atoms with Gasteiger partial charge in [0.05, 0.1) is 21.0 Å². The zero-order chi connectivity index (χ0) is 16.6. The van der Waals surface area contributed by atoms with E-state index in [1.807, 2.05) is 0 Å². The minimum Gasteiger partial charge on any atom is -0.305 e. The number of sulfone groups is 1. The fourth-order valence-corrected chi connectivity index (χ4v) is 3.36. The number of para-hydroxylation sites is 1. The van der Waals surface area contributed by atoms with Crippen LogP contribution in [0.15, 0.2) is 47.4 Å². The van der Waals surface area contributed by atoms with E-state index in [0.29, 0.717) is 15.9 Å². The minimum absolute atomic E-state index is 0.0321. The van der Waals surface area contributed by atoms with Gasteiger partial charge in [-0.3, -0.25) is 9.89 Å². The van der Waals surface area contributed by atoms with Gasteiger partial charge in [-0.05, 0) is 24.3 Å². The number of nitrogens with one attached hydrogen (secondary N) is 2. The molecule has 118 valence electrons. The van der Waals surface area contributed by atoms with E-state index in [-0.39, 0.29) is 16.3 Å². The lowest BCUT2D eigenvalue weighted by molar-refractivity contribution is 0.102. The number of halogens is 1. The number of aromatic amines is 1. The second-order valence-corrected chi connectivity index (χ2v) is 7.35. The van der Waals surface area contributed by atoms with Crippen LogP contribution in [0.1, 0.15) is 10.4 Å². The molecule has 1 amide bonds. The summed E-state index contributed by atoms with van der Waals surface area (Å²) in [5, 5.41) is 10.5. The zero-order valence-electron chi connectivity index (χ0n) is 12.0. The number of rotatable bonds is 3. The molecule has 0 aliphatic heterocycles. The summed E-state index contributed by atoms with van der Waals surface area (Å²) in [6, 6.07) is 11.2. The Bertz CT molecular complexity index is 1010. The Morgan fingerprint density at radius 3 is 2.65 bits per heavy atom. The number of amides is 1. The second kappa shape index (κ2) is 5.68. The van der Waals surface area contributed by atoms with Gasteiger partial charge in [0.1, 0.15) is 0 Å². The van der Waals surface area contributed by atoms with Gasteiger partial charge in [0.2, 0.25) is 0 Å². The third-order valence-corrected chi connectivity index (χ3v) is 4.78. The molecule has 1 heterocycles. The largest absolute Gasteiger partial charge is 0.305 e. The molecule has 0 bridgehead atoms. The lowest BCUT2D eigenvalue weighted by Gasteiger charge is -2.07. The molecule has 0 radical (unpaired) electrons. The van der Waals surface area contributed by atoms with E-state index in [9.17, 15) is 13.2 Å². The number of H-pyrrole nitrogens is 1. The molecule has 8 heteroatoms. The fraction of sp³-hybridized carbons (Fsp3) is 0.0667. The molecule has 2 N–H and O–H groups in total. The summed E-state index contributed by atoms with van der Waals surface area (Å²) in [6.07, 6.45) is 1.06. The highest BCUT2D eigenvalue weighted by Crippen LogP contribution is 2.27. The fourth-order valence-electron chi connectivity index (χ4n) is 2.25. The van der Waals surface area contributed by atoms with Crippen molar-refractivity contribution in [2.75, 3.05) is 11.6 Å². The van der Waals surface area contributed by atoms with E-state index < -0.39 is 15.7 Å². The summed E-state index contributed by atoms with van der Waals surface area (Å²) in [4.78, 5) is 12.4. The first-order valence-electron chi connectivity index (χ1n) is 6.61. The van der Waals surface area contributed by atoms with E-state index in [4.69, 9.17) is 11.6 Å². The third-order valence-electron chi connectivity index (χ3n) is 3.31. The molecule has 23 heavy (non-hydrogen) atoms. The SMILES string of the molecule is CS(=O)(=O)c1ccccc1C(=O)Nc1n[nH]c2c(Cl)cccc12. The number of hydrogen-bond acceptors (Lipinski definition) is 4. The average Bonchev–Trinajstić information content (AvgIpc) is 2.91. The number of hydrogen-bond donors (Lipinski definition) is 2. The zero-order valence-corrected chi connectivity index (χ0v) is 13.6. The van der Waals surface area contributed by atoms with Crippen molar-refractivity contribution >= 4 is 44.1 Å². The molecule has 6 nitrogen and oxygen atoms in total. The van der Waals surface area contributed by atoms with Crippen molar-refractivity contribution < 1.29 is 13.2 Å². The van der Waals surface area contributed by atoms with Gasteiger partial charge in [0.15, 0.2) is 15.7 Å². The van der Waals surface area contributed by atoms with Crippen LogP contribution in [0.2, 0.25) is 5.02 Å². The molecule has 0 unspecified atom stereocenters. The molecule has 0 aliphatic rings. The quantitative estimate of drug-likeness (QED) is 0.760. The molecule has 2 aromatic carbocycles. The first-order valence-corrected chi connectivity index (χ1v) is 8.88. The molecule has 0 saturated heterocycles. The summed E-state index contributed by atoms with van der Waals surface area (Å²) in [7, 11) is -3.52. The van der Waals surface area contributed by atoms with Gasteiger partial charge in [0.25, 0.3) is 5.91 Å². The van der Waals surface area contributed by atoms with Crippen molar-refractivity contribution in [2.24, 2.45) is 0 Å². The van der Waals surface area contributed by atoms with Crippen LogP contribution in [0.25, 0.3) is 10.9 Å². The van der Waals surface area contributed by atoms with Crippen LogP contribution in [0.3, 0.4) is 0 Å². The van der Waals surface area contributed by atoms with Crippen molar-refractivity contribution in [2.45, 2.75) is 4.90 Å². The average molecular weight is 350 g/mol. The Morgan fingerprint density at radius 2 is 1.91 bits per heavy atom. The minimum atomic E-state index is -3.52. The van der Waals surface area contributed by atoms with Gasteiger partial charge in [-0.1, -0.05) is 29.8 Å². The maximum atomic E-state index is 12.4. The van der Waals surface area contributed by atoms with Crippen LogP contribution in [0.5, 0.6) is 0 Å². The van der Waals surface area contributed by atoms with Crippen LogP contribution < -0.4 is 5.32 Å². The Labute approximate surface area is 137 Å². The van der Waals surface area contributed by atoms with Gasteiger partial charge >= 0.3 is 0 Å². The lowest BCUT2D eigenvalue weighted by atomic mass is 10.2. The van der Waals surface area contributed by atoms with Crippen LogP contribution in [-0.2, 0) is 9.84 Å². The molecule has 1 aromatic heterocycles. The number of benzene rings is 2. The third kappa shape index (κ3) is 2.93. The number of carbonyl (C=O) groups excluding carboxylic acids is 1. The van der Waals surface area contributed by atoms with Gasteiger partial charge < -0.3 is 5.32 Å². The second-order valence-electron chi connectivity index (χ2n) is 4.96. The van der Waals surface area contributed by atoms with Crippen molar-refractivity contribution in [3.63, 3.8) is 0 Å². The number of anilines is 1. The Hall–Kier alpha value is -2.38. The summed E-state index contributed by atoms with van der Waals surface area (Å²) >= 11 is 6.05. The summed E-state index contributed by atoms with van der Waals surface area (Å²) < 4.78 is 23.6. The molecule has 3 aromatic rings. The van der Waals surface area contributed by atoms with Crippen LogP contribution in [0, 0.1) is 0 Å². The van der Waals surface area contributed by atoms with Gasteiger partial charge in [-0.15, -0.1) is 0 Å². The van der Waals surface area contributed by atoms with Gasteiger partial charge in [-0.25, -0.2) is 8.42 Å².